The largest absolute Gasteiger partial charge is 0.456 e. The van der Waals surface area contributed by atoms with Crippen molar-refractivity contribution in [2.75, 3.05) is 0 Å². The maximum absolute atomic E-state index is 6.51. The minimum absolute atomic E-state index is 0.586. The van der Waals surface area contributed by atoms with E-state index >= 15 is 0 Å². The molecule has 0 unspecified atom stereocenters. The fourth-order valence-electron chi connectivity index (χ4n) is 7.29. The number of hydrogen-bond acceptors (Lipinski definition) is 4. The van der Waals surface area contributed by atoms with Gasteiger partial charge in [-0.2, -0.15) is 0 Å². The molecule has 0 atom stereocenters. The predicted molar refractivity (Wildman–Crippen MR) is 209 cm³/mol. The van der Waals surface area contributed by atoms with E-state index in [-0.39, 0.29) is 0 Å². The fraction of sp³-hybridized carbons (Fsp3) is 0. The molecule has 4 heteroatoms. The number of benzene rings is 8. The highest BCUT2D eigenvalue weighted by Gasteiger charge is 2.18. The van der Waals surface area contributed by atoms with Crippen molar-refractivity contribution in [1.29, 1.82) is 0 Å². The highest BCUT2D eigenvalue weighted by atomic mass is 16.3. The third-order valence-corrected chi connectivity index (χ3v) is 9.71. The summed E-state index contributed by atoms with van der Waals surface area (Å²) in [6, 6.07) is 61.0. The van der Waals surface area contributed by atoms with Crippen LogP contribution in [0.15, 0.2) is 180 Å². The highest BCUT2D eigenvalue weighted by Crippen LogP contribution is 2.39. The first kappa shape index (κ1) is 29.0. The van der Waals surface area contributed by atoms with Gasteiger partial charge in [-0.3, -0.25) is 0 Å². The molecular formula is C47H29N3O. The molecule has 0 saturated carbocycles. The van der Waals surface area contributed by atoms with Gasteiger partial charge in [0.1, 0.15) is 11.2 Å². The number of rotatable bonds is 5. The average Bonchev–Trinajstić information content (AvgIpc) is 3.59. The molecule has 0 spiro atoms. The van der Waals surface area contributed by atoms with Crippen LogP contribution in [-0.4, -0.2) is 15.0 Å². The zero-order valence-electron chi connectivity index (χ0n) is 27.5. The molecular weight excluding hydrogens is 623 g/mol. The first-order valence-electron chi connectivity index (χ1n) is 17.1. The Labute approximate surface area is 294 Å². The Morgan fingerprint density at radius 2 is 0.922 bits per heavy atom. The van der Waals surface area contributed by atoms with E-state index in [0.717, 1.165) is 77.0 Å². The molecule has 8 aromatic carbocycles. The van der Waals surface area contributed by atoms with Crippen LogP contribution in [0.4, 0.5) is 0 Å². The van der Waals surface area contributed by atoms with Gasteiger partial charge in [0, 0.05) is 27.5 Å². The van der Waals surface area contributed by atoms with Gasteiger partial charge in [0.15, 0.2) is 17.5 Å². The summed E-state index contributed by atoms with van der Waals surface area (Å²) in [5.74, 6) is 1.82. The van der Waals surface area contributed by atoms with Crippen molar-refractivity contribution in [3.63, 3.8) is 0 Å². The Bertz CT molecular complexity index is 2910. The summed E-state index contributed by atoms with van der Waals surface area (Å²) in [6.45, 7) is 0. The Morgan fingerprint density at radius 1 is 0.314 bits per heavy atom. The molecule has 2 heterocycles. The molecule has 0 bridgehead atoms. The number of furan rings is 1. The lowest BCUT2D eigenvalue weighted by Gasteiger charge is -2.13. The second-order valence-corrected chi connectivity index (χ2v) is 12.8. The summed E-state index contributed by atoms with van der Waals surface area (Å²) >= 11 is 0. The van der Waals surface area contributed by atoms with Crippen LogP contribution in [0.2, 0.25) is 0 Å². The van der Waals surface area contributed by atoms with Gasteiger partial charge in [-0.15, -0.1) is 0 Å². The number of aromatic nitrogens is 3. The maximum atomic E-state index is 6.51. The molecule has 0 N–H and O–H groups in total. The van der Waals surface area contributed by atoms with E-state index in [1.165, 1.54) is 5.39 Å². The van der Waals surface area contributed by atoms with Crippen molar-refractivity contribution >= 4 is 43.5 Å². The van der Waals surface area contributed by atoms with Gasteiger partial charge in [0.05, 0.1) is 0 Å². The van der Waals surface area contributed by atoms with E-state index in [1.807, 2.05) is 18.2 Å². The lowest BCUT2D eigenvalue weighted by atomic mass is 9.96. The lowest BCUT2D eigenvalue weighted by Crippen LogP contribution is -2.01. The van der Waals surface area contributed by atoms with Crippen molar-refractivity contribution in [2.45, 2.75) is 0 Å². The summed E-state index contributed by atoms with van der Waals surface area (Å²) in [6.07, 6.45) is 0. The molecule has 0 aliphatic heterocycles. The third-order valence-electron chi connectivity index (χ3n) is 9.71. The SMILES string of the molecule is c1ccc(-c2cccc(-c3nc(-c4ccc5c(c4)oc4cccc(-c6ccccc6)c45)nc(-c4cc5ccccc5c5ccccc45)n3)c2)cc1. The second-order valence-electron chi connectivity index (χ2n) is 12.8. The standard InChI is InChI=1S/C47H29N3O/c1-3-13-30(14-4-1)32-18-11-19-34(27-32)45-48-46(50-47(49-45)41-28-33-17-7-8-20-36(33)38-21-9-10-22-39(38)41)35-25-26-40-43(29-35)51-42-24-12-23-37(44(40)42)31-15-5-2-6-16-31/h1-29H. The predicted octanol–water partition coefficient (Wildman–Crippen LogP) is 12.4. The Balaban J connectivity index is 1.20. The molecule has 4 nitrogen and oxygen atoms in total. The lowest BCUT2D eigenvalue weighted by molar-refractivity contribution is 0.669. The summed E-state index contributed by atoms with van der Waals surface area (Å²) in [5, 5.41) is 6.75. The minimum Gasteiger partial charge on any atom is -0.456 e. The van der Waals surface area contributed by atoms with Gasteiger partial charge < -0.3 is 4.42 Å². The van der Waals surface area contributed by atoms with Crippen LogP contribution in [0, 0.1) is 0 Å². The van der Waals surface area contributed by atoms with Crippen LogP contribution in [0.25, 0.3) is 99.9 Å². The van der Waals surface area contributed by atoms with E-state index in [1.54, 1.807) is 0 Å². The van der Waals surface area contributed by atoms with Crippen molar-refractivity contribution < 1.29 is 4.42 Å². The highest BCUT2D eigenvalue weighted by molar-refractivity contribution is 6.14. The van der Waals surface area contributed by atoms with Crippen molar-refractivity contribution in [1.82, 2.24) is 15.0 Å². The van der Waals surface area contributed by atoms with Crippen LogP contribution in [0.1, 0.15) is 0 Å². The van der Waals surface area contributed by atoms with Crippen molar-refractivity contribution in [3.8, 4) is 56.4 Å². The van der Waals surface area contributed by atoms with Crippen LogP contribution >= 0.6 is 0 Å². The van der Waals surface area contributed by atoms with Gasteiger partial charge in [-0.1, -0.05) is 146 Å². The van der Waals surface area contributed by atoms with Crippen molar-refractivity contribution in [3.05, 3.63) is 176 Å². The van der Waals surface area contributed by atoms with Gasteiger partial charge in [-0.25, -0.2) is 15.0 Å². The van der Waals surface area contributed by atoms with E-state index in [0.29, 0.717) is 17.5 Å². The maximum Gasteiger partial charge on any atom is 0.164 e. The molecule has 0 amide bonds. The van der Waals surface area contributed by atoms with Gasteiger partial charge in [-0.05, 0) is 74.1 Å². The smallest absolute Gasteiger partial charge is 0.164 e. The normalized spacial score (nSPS) is 11.5. The van der Waals surface area contributed by atoms with E-state index in [4.69, 9.17) is 19.4 Å². The van der Waals surface area contributed by atoms with Crippen molar-refractivity contribution in [2.24, 2.45) is 0 Å². The second kappa shape index (κ2) is 11.9. The van der Waals surface area contributed by atoms with E-state index in [9.17, 15) is 0 Å². The molecule has 0 radical (unpaired) electrons. The average molecular weight is 652 g/mol. The molecule has 2 aromatic heterocycles. The van der Waals surface area contributed by atoms with Crippen LogP contribution in [0.5, 0.6) is 0 Å². The van der Waals surface area contributed by atoms with Crippen LogP contribution < -0.4 is 0 Å². The minimum atomic E-state index is 0.586. The number of hydrogen-bond donors (Lipinski definition) is 0. The van der Waals surface area contributed by atoms with Gasteiger partial charge in [0.25, 0.3) is 0 Å². The first-order valence-corrected chi connectivity index (χ1v) is 17.1. The fourth-order valence-corrected chi connectivity index (χ4v) is 7.29. The van der Waals surface area contributed by atoms with Gasteiger partial charge in [0.2, 0.25) is 0 Å². The third kappa shape index (κ3) is 5.04. The monoisotopic (exact) mass is 651 g/mol. The van der Waals surface area contributed by atoms with Gasteiger partial charge >= 0.3 is 0 Å². The number of fused-ring (bicyclic) bond motifs is 6. The number of nitrogens with zero attached hydrogens (tertiary/aromatic N) is 3. The molecule has 238 valence electrons. The van der Waals surface area contributed by atoms with Crippen LogP contribution in [-0.2, 0) is 0 Å². The van der Waals surface area contributed by atoms with E-state index < -0.39 is 0 Å². The summed E-state index contributed by atoms with van der Waals surface area (Å²) < 4.78 is 6.51. The summed E-state index contributed by atoms with van der Waals surface area (Å²) in [7, 11) is 0. The molecule has 0 aliphatic rings. The molecule has 51 heavy (non-hydrogen) atoms. The Morgan fingerprint density at radius 3 is 1.73 bits per heavy atom. The topological polar surface area (TPSA) is 51.8 Å². The zero-order chi connectivity index (χ0) is 33.7. The molecule has 0 aliphatic carbocycles. The van der Waals surface area contributed by atoms with E-state index in [2.05, 4.69) is 158 Å². The zero-order valence-corrected chi connectivity index (χ0v) is 27.5. The summed E-state index contributed by atoms with van der Waals surface area (Å²) in [5.41, 5.74) is 8.92. The Hall–Kier alpha value is -6.91. The molecule has 10 aromatic rings. The van der Waals surface area contributed by atoms with Crippen LogP contribution in [0.3, 0.4) is 0 Å². The summed E-state index contributed by atoms with van der Waals surface area (Å²) in [4.78, 5) is 15.5. The first-order chi connectivity index (χ1) is 25.3. The molecule has 0 saturated heterocycles. The molecule has 0 fully saturated rings. The molecule has 10 rings (SSSR count). The Kier molecular flexibility index (Phi) is 6.78. The quantitative estimate of drug-likeness (QED) is 0.174.